The van der Waals surface area contributed by atoms with Gasteiger partial charge in [0.2, 0.25) is 5.82 Å². The molecule has 0 spiro atoms. The van der Waals surface area contributed by atoms with Crippen LogP contribution in [0.2, 0.25) is 10.0 Å². The summed E-state index contributed by atoms with van der Waals surface area (Å²) >= 11 is 17.6. The molecule has 0 aliphatic heterocycles. The van der Waals surface area contributed by atoms with Crippen LogP contribution in [0.3, 0.4) is 0 Å². The third kappa shape index (κ3) is 2.24. The second-order valence-electron chi connectivity index (χ2n) is 4.03. The smallest absolute Gasteiger partial charge is 0.209 e. The maximum absolute atomic E-state index is 6.17. The highest BCUT2D eigenvalue weighted by molar-refractivity contribution is 7.71. The number of aryl methyl sites for hydroxylation is 1. The number of hydrogen-bond donors (Lipinski definition) is 1. The number of tetrazole rings is 1. The highest BCUT2D eigenvalue weighted by Gasteiger charge is 2.13. The Morgan fingerprint density at radius 1 is 1.30 bits per heavy atom. The summed E-state index contributed by atoms with van der Waals surface area (Å²) in [5.74, 6) is 0.450. The van der Waals surface area contributed by atoms with Gasteiger partial charge < -0.3 is 0 Å². The molecule has 1 N–H and O–H groups in total. The molecule has 0 aliphatic rings. The van der Waals surface area contributed by atoms with Crippen LogP contribution in [0.25, 0.3) is 17.1 Å². The first-order chi connectivity index (χ1) is 9.56. The largest absolute Gasteiger partial charge is 0.299 e. The molecule has 0 saturated heterocycles. The Morgan fingerprint density at radius 3 is 2.80 bits per heavy atom. The molecule has 0 saturated carbocycles. The lowest BCUT2D eigenvalue weighted by Gasteiger charge is -2.05. The van der Waals surface area contributed by atoms with Crippen molar-refractivity contribution < 1.29 is 0 Å². The summed E-state index contributed by atoms with van der Waals surface area (Å²) in [6.07, 6.45) is 1.70. The minimum Gasteiger partial charge on any atom is -0.299 e. The van der Waals surface area contributed by atoms with Gasteiger partial charge in [-0.25, -0.2) is 4.68 Å². The van der Waals surface area contributed by atoms with Gasteiger partial charge in [-0.15, -0.1) is 10.2 Å². The van der Waals surface area contributed by atoms with Crippen molar-refractivity contribution in [2.24, 2.45) is 7.05 Å². The maximum atomic E-state index is 6.17. The lowest BCUT2D eigenvalue weighted by atomic mass is 10.3. The van der Waals surface area contributed by atoms with E-state index in [9.17, 15) is 0 Å². The maximum Gasteiger partial charge on any atom is 0.209 e. The Balaban J connectivity index is 2.16. The summed E-state index contributed by atoms with van der Waals surface area (Å²) < 4.78 is 2.15. The fraction of sp³-hybridized carbons (Fsp3) is 0.0909. The highest BCUT2D eigenvalue weighted by Crippen LogP contribution is 2.26. The Hall–Kier alpha value is -1.70. The Morgan fingerprint density at radius 2 is 2.10 bits per heavy atom. The van der Waals surface area contributed by atoms with Crippen molar-refractivity contribution in [1.29, 1.82) is 0 Å². The molecule has 0 fully saturated rings. The molecular weight excluding hydrogens is 319 g/mol. The molecule has 6 nitrogen and oxygen atoms in total. The van der Waals surface area contributed by atoms with E-state index in [1.807, 2.05) is 0 Å². The van der Waals surface area contributed by atoms with E-state index >= 15 is 0 Å². The zero-order valence-corrected chi connectivity index (χ0v) is 12.5. The van der Waals surface area contributed by atoms with Crippen molar-refractivity contribution in [1.82, 2.24) is 30.0 Å². The van der Waals surface area contributed by atoms with Crippen LogP contribution in [0.5, 0.6) is 0 Å². The predicted molar refractivity (Wildman–Crippen MR) is 78.8 cm³/mol. The van der Waals surface area contributed by atoms with Crippen molar-refractivity contribution in [3.8, 4) is 17.1 Å². The van der Waals surface area contributed by atoms with Crippen LogP contribution in [-0.2, 0) is 7.05 Å². The third-order valence-electron chi connectivity index (χ3n) is 2.67. The van der Waals surface area contributed by atoms with Crippen molar-refractivity contribution in [2.75, 3.05) is 0 Å². The average molecular weight is 327 g/mol. The average Bonchev–Trinajstić information content (AvgIpc) is 2.99. The molecule has 0 bridgehead atoms. The summed E-state index contributed by atoms with van der Waals surface area (Å²) in [7, 11) is 1.69. The molecular formula is C11H8Cl2N6S. The number of benzene rings is 1. The van der Waals surface area contributed by atoms with Crippen LogP contribution in [0.1, 0.15) is 0 Å². The molecule has 0 radical (unpaired) electrons. The second-order valence-corrected chi connectivity index (χ2v) is 5.26. The third-order valence-corrected chi connectivity index (χ3v) is 3.63. The van der Waals surface area contributed by atoms with Gasteiger partial charge in [0.15, 0.2) is 0 Å². The number of aromatic nitrogens is 6. The first-order valence-corrected chi connectivity index (χ1v) is 6.73. The van der Waals surface area contributed by atoms with E-state index in [0.717, 1.165) is 0 Å². The lowest BCUT2D eigenvalue weighted by molar-refractivity contribution is 0.630. The van der Waals surface area contributed by atoms with Gasteiger partial charge in [0.25, 0.3) is 0 Å². The molecule has 3 aromatic rings. The summed E-state index contributed by atoms with van der Waals surface area (Å²) in [5.41, 5.74) is 1.34. The van der Waals surface area contributed by atoms with Crippen LogP contribution < -0.4 is 0 Å². The van der Waals surface area contributed by atoms with Gasteiger partial charge in [-0.05, 0) is 23.4 Å². The molecule has 2 heterocycles. The van der Waals surface area contributed by atoms with Crippen LogP contribution in [0.4, 0.5) is 0 Å². The zero-order valence-electron chi connectivity index (χ0n) is 10.2. The molecule has 0 amide bonds. The van der Waals surface area contributed by atoms with E-state index in [0.29, 0.717) is 31.8 Å². The van der Waals surface area contributed by atoms with E-state index in [2.05, 4.69) is 20.5 Å². The first kappa shape index (κ1) is 13.3. The summed E-state index contributed by atoms with van der Waals surface area (Å²) in [6, 6.07) is 5.15. The van der Waals surface area contributed by atoms with E-state index in [1.165, 1.54) is 4.80 Å². The number of halogens is 2. The van der Waals surface area contributed by atoms with Crippen LogP contribution in [-0.4, -0.2) is 30.0 Å². The van der Waals surface area contributed by atoms with Crippen molar-refractivity contribution in [3.05, 3.63) is 39.1 Å². The van der Waals surface area contributed by atoms with Crippen LogP contribution >= 0.6 is 35.4 Å². The van der Waals surface area contributed by atoms with Crippen LogP contribution in [0, 0.1) is 4.64 Å². The van der Waals surface area contributed by atoms with Crippen molar-refractivity contribution >= 4 is 35.4 Å². The molecule has 0 unspecified atom stereocenters. The number of nitrogens with zero attached hydrogens (tertiary/aromatic N) is 5. The van der Waals surface area contributed by atoms with Crippen molar-refractivity contribution in [2.45, 2.75) is 0 Å². The summed E-state index contributed by atoms with van der Waals surface area (Å²) in [6.45, 7) is 0. The number of rotatable bonds is 2. The Bertz CT molecular complexity index is 834. The Kier molecular flexibility index (Phi) is 3.33. The molecule has 9 heteroatoms. The number of aromatic amines is 1. The van der Waals surface area contributed by atoms with Gasteiger partial charge in [-0.1, -0.05) is 35.4 Å². The fourth-order valence-electron chi connectivity index (χ4n) is 1.76. The molecule has 3 rings (SSSR count). The lowest BCUT2D eigenvalue weighted by Crippen LogP contribution is -1.97. The molecule has 20 heavy (non-hydrogen) atoms. The molecule has 2 aromatic heterocycles. The zero-order chi connectivity index (χ0) is 14.3. The fourth-order valence-corrected chi connectivity index (χ4v) is 2.43. The molecule has 102 valence electrons. The molecule has 0 atom stereocenters. The van der Waals surface area contributed by atoms with Gasteiger partial charge in [0.1, 0.15) is 4.64 Å². The standard InChI is InChI=1S/C11H8Cl2N6S/c1-18-16-10(15-17-18)7-5-14-19(11(7)20)9-4-6(12)2-3-8(9)13/h2-5,14H,1H3. The minimum absolute atomic E-state index is 0.450. The van der Waals surface area contributed by atoms with E-state index in [1.54, 1.807) is 36.1 Å². The van der Waals surface area contributed by atoms with Gasteiger partial charge in [-0.2, -0.15) is 4.80 Å². The van der Waals surface area contributed by atoms with Gasteiger partial charge >= 0.3 is 0 Å². The molecule has 1 aromatic carbocycles. The Labute approximate surface area is 128 Å². The van der Waals surface area contributed by atoms with E-state index in [4.69, 9.17) is 35.4 Å². The number of H-pyrrole nitrogens is 1. The highest BCUT2D eigenvalue weighted by atomic mass is 35.5. The van der Waals surface area contributed by atoms with E-state index < -0.39 is 0 Å². The van der Waals surface area contributed by atoms with Crippen LogP contribution in [0.15, 0.2) is 24.4 Å². The van der Waals surface area contributed by atoms with E-state index in [-0.39, 0.29) is 0 Å². The van der Waals surface area contributed by atoms with Gasteiger partial charge in [0.05, 0.1) is 23.3 Å². The van der Waals surface area contributed by atoms with Crippen molar-refractivity contribution in [3.63, 3.8) is 0 Å². The molecule has 0 aliphatic carbocycles. The monoisotopic (exact) mass is 326 g/mol. The number of hydrogen-bond acceptors (Lipinski definition) is 4. The van der Waals surface area contributed by atoms with Gasteiger partial charge in [-0.3, -0.25) is 5.10 Å². The first-order valence-electron chi connectivity index (χ1n) is 5.56. The summed E-state index contributed by atoms with van der Waals surface area (Å²) in [5, 5.41) is 16.0. The quantitative estimate of drug-likeness (QED) is 0.735. The van der Waals surface area contributed by atoms with Gasteiger partial charge in [0, 0.05) is 11.2 Å². The second kappa shape index (κ2) is 5.01. The SMILES string of the molecule is Cn1nnc(-c2c[nH]n(-c3cc(Cl)ccc3Cl)c2=S)n1. The summed E-state index contributed by atoms with van der Waals surface area (Å²) in [4.78, 5) is 1.37. The number of nitrogens with one attached hydrogen (secondary N) is 1. The predicted octanol–water partition coefficient (Wildman–Crippen LogP) is 3.03. The normalized spacial score (nSPS) is 10.9. The topological polar surface area (TPSA) is 64.3 Å². The minimum atomic E-state index is 0.450.